The van der Waals surface area contributed by atoms with E-state index >= 15 is 0 Å². The van der Waals surface area contributed by atoms with Gasteiger partial charge in [0, 0.05) is 18.8 Å². The lowest BCUT2D eigenvalue weighted by Gasteiger charge is -2.04. The van der Waals surface area contributed by atoms with Gasteiger partial charge in [0.15, 0.2) is 0 Å². The van der Waals surface area contributed by atoms with Crippen LogP contribution in [0.2, 0.25) is 0 Å². The molecule has 0 spiro atoms. The standard InChI is InChI=1S/C15H12F2N4/c1-21-15(18)13(12-4-2-3-7-19-12)14(20-21)10-8-9(16)5-6-11(10)17/h2-8H,18H2,1H3. The van der Waals surface area contributed by atoms with Gasteiger partial charge in [-0.1, -0.05) is 6.07 Å². The van der Waals surface area contributed by atoms with Gasteiger partial charge in [-0.25, -0.2) is 8.78 Å². The van der Waals surface area contributed by atoms with E-state index in [-0.39, 0.29) is 11.3 Å². The van der Waals surface area contributed by atoms with Crippen molar-refractivity contribution < 1.29 is 8.78 Å². The van der Waals surface area contributed by atoms with Gasteiger partial charge in [-0.15, -0.1) is 0 Å². The Morgan fingerprint density at radius 3 is 2.67 bits per heavy atom. The number of nitrogens with two attached hydrogens (primary N) is 1. The third-order valence-corrected chi connectivity index (χ3v) is 3.20. The van der Waals surface area contributed by atoms with Gasteiger partial charge in [0.1, 0.15) is 23.1 Å². The fourth-order valence-corrected chi connectivity index (χ4v) is 2.17. The first-order chi connectivity index (χ1) is 10.1. The zero-order chi connectivity index (χ0) is 15.0. The maximum absolute atomic E-state index is 14.0. The number of pyridine rings is 1. The highest BCUT2D eigenvalue weighted by Gasteiger charge is 2.21. The van der Waals surface area contributed by atoms with Crippen molar-refractivity contribution >= 4 is 5.82 Å². The lowest BCUT2D eigenvalue weighted by Crippen LogP contribution is -1.98. The van der Waals surface area contributed by atoms with Gasteiger partial charge in [0.05, 0.1) is 11.3 Å². The van der Waals surface area contributed by atoms with Crippen LogP contribution >= 0.6 is 0 Å². The van der Waals surface area contributed by atoms with Gasteiger partial charge in [-0.3, -0.25) is 9.67 Å². The fourth-order valence-electron chi connectivity index (χ4n) is 2.17. The molecule has 0 aliphatic heterocycles. The molecular weight excluding hydrogens is 274 g/mol. The van der Waals surface area contributed by atoms with Crippen LogP contribution < -0.4 is 5.73 Å². The molecule has 0 saturated carbocycles. The van der Waals surface area contributed by atoms with E-state index in [1.165, 1.54) is 4.68 Å². The van der Waals surface area contributed by atoms with Crippen molar-refractivity contribution in [2.24, 2.45) is 7.05 Å². The number of halogens is 2. The molecule has 106 valence electrons. The fraction of sp³-hybridized carbons (Fsp3) is 0.0667. The van der Waals surface area contributed by atoms with Crippen LogP contribution in [0.3, 0.4) is 0 Å². The molecule has 21 heavy (non-hydrogen) atoms. The molecule has 6 heteroatoms. The second-order valence-corrected chi connectivity index (χ2v) is 4.57. The van der Waals surface area contributed by atoms with E-state index in [1.807, 2.05) is 0 Å². The predicted molar refractivity (Wildman–Crippen MR) is 76.2 cm³/mol. The lowest BCUT2D eigenvalue weighted by atomic mass is 10.0. The van der Waals surface area contributed by atoms with Gasteiger partial charge in [0.25, 0.3) is 0 Å². The third-order valence-electron chi connectivity index (χ3n) is 3.20. The molecule has 4 nitrogen and oxygen atoms in total. The number of hydrogen-bond acceptors (Lipinski definition) is 3. The highest BCUT2D eigenvalue weighted by molar-refractivity contribution is 5.86. The maximum Gasteiger partial charge on any atom is 0.132 e. The van der Waals surface area contributed by atoms with Crippen molar-refractivity contribution in [3.63, 3.8) is 0 Å². The molecule has 0 unspecified atom stereocenters. The molecule has 3 aromatic rings. The molecule has 0 radical (unpaired) electrons. The first-order valence-electron chi connectivity index (χ1n) is 6.27. The van der Waals surface area contributed by atoms with Gasteiger partial charge >= 0.3 is 0 Å². The van der Waals surface area contributed by atoms with Crippen molar-refractivity contribution in [1.29, 1.82) is 0 Å². The van der Waals surface area contributed by atoms with Crippen molar-refractivity contribution in [1.82, 2.24) is 14.8 Å². The summed E-state index contributed by atoms with van der Waals surface area (Å²) in [5.74, 6) is -0.762. The Balaban J connectivity index is 2.29. The second-order valence-electron chi connectivity index (χ2n) is 4.57. The number of hydrogen-bond donors (Lipinski definition) is 1. The number of aryl methyl sites for hydroxylation is 1. The van der Waals surface area contributed by atoms with E-state index < -0.39 is 11.6 Å². The summed E-state index contributed by atoms with van der Waals surface area (Å²) >= 11 is 0. The van der Waals surface area contributed by atoms with E-state index in [4.69, 9.17) is 5.73 Å². The van der Waals surface area contributed by atoms with Gasteiger partial charge in [-0.2, -0.15) is 5.10 Å². The first-order valence-corrected chi connectivity index (χ1v) is 6.27. The molecule has 2 heterocycles. The molecule has 3 rings (SSSR count). The van der Waals surface area contributed by atoms with Crippen LogP contribution in [0, 0.1) is 11.6 Å². The van der Waals surface area contributed by atoms with Crippen LogP contribution in [0.5, 0.6) is 0 Å². The lowest BCUT2D eigenvalue weighted by molar-refractivity contribution is 0.602. The van der Waals surface area contributed by atoms with Crippen LogP contribution in [0.15, 0.2) is 42.6 Å². The monoisotopic (exact) mass is 286 g/mol. The maximum atomic E-state index is 14.0. The van der Waals surface area contributed by atoms with Crippen LogP contribution in [0.1, 0.15) is 0 Å². The van der Waals surface area contributed by atoms with E-state index in [1.54, 1.807) is 31.4 Å². The number of nitrogen functional groups attached to an aromatic ring is 1. The number of nitrogens with zero attached hydrogens (tertiary/aromatic N) is 3. The molecule has 2 N–H and O–H groups in total. The number of anilines is 1. The molecule has 2 aromatic heterocycles. The van der Waals surface area contributed by atoms with Crippen molar-refractivity contribution in [3.8, 4) is 22.5 Å². The molecule has 0 bridgehead atoms. The summed E-state index contributed by atoms with van der Waals surface area (Å²) in [6, 6.07) is 8.53. The van der Waals surface area contributed by atoms with Crippen molar-refractivity contribution in [2.75, 3.05) is 5.73 Å². The van der Waals surface area contributed by atoms with Crippen LogP contribution in [-0.2, 0) is 7.05 Å². The highest BCUT2D eigenvalue weighted by atomic mass is 19.1. The second kappa shape index (κ2) is 4.97. The average Bonchev–Trinajstić information content (AvgIpc) is 2.78. The SMILES string of the molecule is Cn1nc(-c2cc(F)ccc2F)c(-c2ccccn2)c1N. The molecule has 0 saturated heterocycles. The molecule has 1 aromatic carbocycles. The minimum Gasteiger partial charge on any atom is -0.383 e. The van der Waals surface area contributed by atoms with Gasteiger partial charge in [-0.05, 0) is 30.3 Å². The normalized spacial score (nSPS) is 10.8. The quantitative estimate of drug-likeness (QED) is 0.788. The Labute approximate surface area is 119 Å². The Hall–Kier alpha value is -2.76. The van der Waals surface area contributed by atoms with Crippen molar-refractivity contribution in [2.45, 2.75) is 0 Å². The summed E-state index contributed by atoms with van der Waals surface area (Å²) in [6.07, 6.45) is 1.60. The minimum atomic E-state index is -0.563. The van der Waals surface area contributed by atoms with Gasteiger partial charge in [0.2, 0.25) is 0 Å². The molecule has 0 amide bonds. The third kappa shape index (κ3) is 2.24. The molecular formula is C15H12F2N4. The summed E-state index contributed by atoms with van der Waals surface area (Å²) in [4.78, 5) is 4.21. The number of rotatable bonds is 2. The Bertz CT molecular complexity index is 797. The summed E-state index contributed by atoms with van der Waals surface area (Å²) < 4.78 is 28.9. The summed E-state index contributed by atoms with van der Waals surface area (Å²) in [5.41, 5.74) is 7.38. The van der Waals surface area contributed by atoms with Gasteiger partial charge < -0.3 is 5.73 Å². The smallest absolute Gasteiger partial charge is 0.132 e. The van der Waals surface area contributed by atoms with E-state index in [2.05, 4.69) is 10.1 Å². The minimum absolute atomic E-state index is 0.0583. The predicted octanol–water partition coefficient (Wildman–Crippen LogP) is 3.01. The highest BCUT2D eigenvalue weighted by Crippen LogP contribution is 2.35. The zero-order valence-electron chi connectivity index (χ0n) is 11.2. The van der Waals surface area contributed by atoms with E-state index in [9.17, 15) is 8.78 Å². The number of benzene rings is 1. The Morgan fingerprint density at radius 2 is 1.95 bits per heavy atom. The zero-order valence-corrected chi connectivity index (χ0v) is 11.2. The van der Waals surface area contributed by atoms with Crippen LogP contribution in [0.25, 0.3) is 22.5 Å². The largest absolute Gasteiger partial charge is 0.383 e. The summed E-state index contributed by atoms with van der Waals surface area (Å²) in [7, 11) is 1.64. The summed E-state index contributed by atoms with van der Waals surface area (Å²) in [6.45, 7) is 0. The molecule has 0 atom stereocenters. The van der Waals surface area contributed by atoms with Crippen LogP contribution in [0.4, 0.5) is 14.6 Å². The molecule has 0 aliphatic carbocycles. The Morgan fingerprint density at radius 1 is 1.14 bits per heavy atom. The summed E-state index contributed by atoms with van der Waals surface area (Å²) in [5, 5.41) is 4.20. The first kappa shape index (κ1) is 13.2. The molecule has 0 aliphatic rings. The van der Waals surface area contributed by atoms with E-state index in [0.29, 0.717) is 17.1 Å². The van der Waals surface area contributed by atoms with E-state index in [0.717, 1.165) is 18.2 Å². The van der Waals surface area contributed by atoms with Crippen LogP contribution in [-0.4, -0.2) is 14.8 Å². The number of aromatic nitrogens is 3. The van der Waals surface area contributed by atoms with Crippen molar-refractivity contribution in [3.05, 3.63) is 54.2 Å². The topological polar surface area (TPSA) is 56.7 Å². The average molecular weight is 286 g/mol. The molecule has 0 fully saturated rings. The Kier molecular flexibility index (Phi) is 3.13.